The van der Waals surface area contributed by atoms with Gasteiger partial charge in [-0.2, -0.15) is 0 Å². The minimum Gasteiger partial charge on any atom is -0.300 e. The lowest BCUT2D eigenvalue weighted by Gasteiger charge is -1.81. The molecule has 0 saturated heterocycles. The van der Waals surface area contributed by atoms with E-state index in [0.29, 0.717) is 18.6 Å². The van der Waals surface area contributed by atoms with Crippen molar-refractivity contribution in [3.63, 3.8) is 0 Å². The largest absolute Gasteiger partial charge is 0.300 e. The quantitative estimate of drug-likeness (QED) is 0.501. The maximum Gasteiger partial charge on any atom is 0.132 e. The second kappa shape index (κ2) is 2.88. The number of hydrogen-bond donors (Lipinski definition) is 0. The normalized spacial score (nSPS) is 8.33. The molecule has 0 bridgehead atoms. The Morgan fingerprint density at radius 1 is 1.50 bits per heavy atom. The van der Waals surface area contributed by atoms with Crippen LogP contribution in [-0.2, 0) is 4.79 Å². The van der Waals surface area contributed by atoms with Crippen LogP contribution in [0.1, 0.15) is 28.1 Å². The van der Waals surface area contributed by atoms with E-state index in [4.69, 9.17) is 0 Å². The summed E-state index contributed by atoms with van der Waals surface area (Å²) >= 11 is 0. The fourth-order valence-electron chi connectivity index (χ4n) is 0.250. The van der Waals surface area contributed by atoms with Gasteiger partial charge >= 0.3 is 0 Å². The molecule has 0 amide bonds. The molecular formula is C5H12O. The first-order valence-corrected chi connectivity index (χ1v) is 2.33. The molecule has 0 unspecified atom stereocenters. The molecule has 0 aromatic carbocycles. The van der Waals surface area contributed by atoms with E-state index in [1.165, 1.54) is 0 Å². The molecule has 0 radical (unpaired) electrons. The summed E-state index contributed by atoms with van der Waals surface area (Å²) in [5.74, 6) is 0.343. The molecular weight excluding hydrogens is 76.1 g/mol. The number of carbonyl (C=O) groups is 1. The van der Waals surface area contributed by atoms with Gasteiger partial charge in [-0.15, -0.1) is 0 Å². The van der Waals surface area contributed by atoms with E-state index in [9.17, 15) is 4.79 Å². The van der Waals surface area contributed by atoms with E-state index in [0.717, 1.165) is 0 Å². The molecule has 38 valence electrons. The van der Waals surface area contributed by atoms with Gasteiger partial charge in [-0.1, -0.05) is 13.8 Å². The molecule has 0 atom stereocenters. The number of hydrogen-bond acceptors (Lipinski definition) is 1. The summed E-state index contributed by atoms with van der Waals surface area (Å²) in [6.07, 6.45) is 1.38. The smallest absolute Gasteiger partial charge is 0.132 e. The second-order valence-electron chi connectivity index (χ2n) is 1.25. The van der Waals surface area contributed by atoms with Gasteiger partial charge < -0.3 is 0 Å². The monoisotopic (exact) mass is 88.1 g/mol. The van der Waals surface area contributed by atoms with Crippen LogP contribution in [0.3, 0.4) is 0 Å². The van der Waals surface area contributed by atoms with Crippen molar-refractivity contribution in [1.29, 1.82) is 0 Å². The molecule has 0 rings (SSSR count). The predicted molar refractivity (Wildman–Crippen MR) is 27.7 cm³/mol. The molecule has 1 heteroatoms. The molecule has 0 aromatic heterocycles. The van der Waals surface area contributed by atoms with E-state index in [-0.39, 0.29) is 1.43 Å². The van der Waals surface area contributed by atoms with Crippen molar-refractivity contribution >= 4 is 5.78 Å². The Morgan fingerprint density at radius 2 is 1.83 bits per heavy atom. The third-order valence-corrected chi connectivity index (χ3v) is 0.789. The summed E-state index contributed by atoms with van der Waals surface area (Å²) in [7, 11) is 0. The van der Waals surface area contributed by atoms with Crippen LogP contribution in [0.2, 0.25) is 0 Å². The average Bonchev–Trinajstić information content (AvgIpc) is 1.65. The van der Waals surface area contributed by atoms with Crippen LogP contribution >= 0.6 is 0 Å². The molecule has 6 heavy (non-hydrogen) atoms. The fraction of sp³-hybridized carbons (Fsp3) is 0.800. The highest BCUT2D eigenvalue weighted by atomic mass is 16.1. The van der Waals surface area contributed by atoms with Crippen molar-refractivity contribution in [2.45, 2.75) is 26.7 Å². The first-order chi connectivity index (χ1) is 2.81. The molecule has 0 fully saturated rings. The maximum absolute atomic E-state index is 10.2. The number of rotatable bonds is 2. The molecule has 0 heterocycles. The van der Waals surface area contributed by atoms with Crippen LogP contribution in [0.25, 0.3) is 0 Å². The SMILES string of the molecule is CCC(=O)CC.[HH]. The van der Waals surface area contributed by atoms with Crippen molar-refractivity contribution in [2.75, 3.05) is 0 Å². The summed E-state index contributed by atoms with van der Waals surface area (Å²) in [6.45, 7) is 3.76. The Labute approximate surface area is 39.8 Å². The summed E-state index contributed by atoms with van der Waals surface area (Å²) in [6, 6.07) is 0. The number of ketones is 1. The number of carbonyl (C=O) groups excluding carboxylic acids is 1. The van der Waals surface area contributed by atoms with Crippen LogP contribution in [0.5, 0.6) is 0 Å². The van der Waals surface area contributed by atoms with Gasteiger partial charge in [0.15, 0.2) is 0 Å². The third kappa shape index (κ3) is 1.94. The Morgan fingerprint density at radius 3 is 1.83 bits per heavy atom. The van der Waals surface area contributed by atoms with Gasteiger partial charge in [0.1, 0.15) is 5.78 Å². The van der Waals surface area contributed by atoms with Gasteiger partial charge in [0.25, 0.3) is 0 Å². The van der Waals surface area contributed by atoms with Gasteiger partial charge in [0.2, 0.25) is 0 Å². The van der Waals surface area contributed by atoms with Gasteiger partial charge in [-0.3, -0.25) is 4.79 Å². The lowest BCUT2D eigenvalue weighted by molar-refractivity contribution is -0.118. The fourth-order valence-corrected chi connectivity index (χ4v) is 0.250. The van der Waals surface area contributed by atoms with Crippen molar-refractivity contribution in [3.05, 3.63) is 0 Å². The van der Waals surface area contributed by atoms with Crippen molar-refractivity contribution in [1.82, 2.24) is 0 Å². The zero-order chi connectivity index (χ0) is 4.99. The summed E-state index contributed by atoms with van der Waals surface area (Å²) < 4.78 is 0. The zero-order valence-electron chi connectivity index (χ0n) is 4.32. The molecule has 0 aliphatic heterocycles. The topological polar surface area (TPSA) is 17.1 Å². The summed E-state index contributed by atoms with van der Waals surface area (Å²) in [4.78, 5) is 10.2. The van der Waals surface area contributed by atoms with Gasteiger partial charge in [-0.05, 0) is 0 Å². The second-order valence-corrected chi connectivity index (χ2v) is 1.25. The van der Waals surface area contributed by atoms with E-state index in [1.54, 1.807) is 0 Å². The van der Waals surface area contributed by atoms with Crippen molar-refractivity contribution < 1.29 is 6.22 Å². The van der Waals surface area contributed by atoms with Crippen molar-refractivity contribution in [2.24, 2.45) is 0 Å². The summed E-state index contributed by atoms with van der Waals surface area (Å²) in [5.41, 5.74) is 0. The van der Waals surface area contributed by atoms with Crippen LogP contribution in [0, 0.1) is 0 Å². The van der Waals surface area contributed by atoms with E-state index in [1.807, 2.05) is 13.8 Å². The summed E-state index contributed by atoms with van der Waals surface area (Å²) in [5, 5.41) is 0. The van der Waals surface area contributed by atoms with Gasteiger partial charge in [-0.25, -0.2) is 0 Å². The Hall–Kier alpha value is -0.330. The van der Waals surface area contributed by atoms with E-state index >= 15 is 0 Å². The minimum atomic E-state index is 0. The van der Waals surface area contributed by atoms with E-state index in [2.05, 4.69) is 0 Å². The van der Waals surface area contributed by atoms with Crippen LogP contribution in [0.4, 0.5) is 0 Å². The van der Waals surface area contributed by atoms with Crippen LogP contribution in [-0.4, -0.2) is 5.78 Å². The minimum absolute atomic E-state index is 0. The zero-order valence-corrected chi connectivity index (χ0v) is 4.32. The molecule has 0 aliphatic rings. The van der Waals surface area contributed by atoms with Crippen LogP contribution in [0.15, 0.2) is 0 Å². The Bertz CT molecular complexity index is 46.0. The lowest BCUT2D eigenvalue weighted by atomic mass is 10.3. The van der Waals surface area contributed by atoms with Crippen molar-refractivity contribution in [3.8, 4) is 0 Å². The highest BCUT2D eigenvalue weighted by Crippen LogP contribution is 1.82. The van der Waals surface area contributed by atoms with E-state index < -0.39 is 0 Å². The Kier molecular flexibility index (Phi) is 2.73. The predicted octanol–water partition coefficient (Wildman–Crippen LogP) is 1.62. The number of Topliss-reactive ketones (excluding diaryl/α,β-unsaturated/α-hetero) is 1. The average molecular weight is 88.1 g/mol. The molecule has 0 N–H and O–H groups in total. The maximum atomic E-state index is 10.2. The van der Waals surface area contributed by atoms with Gasteiger partial charge in [0.05, 0.1) is 0 Å². The highest BCUT2D eigenvalue weighted by molar-refractivity contribution is 5.77. The molecule has 1 nitrogen and oxygen atoms in total. The van der Waals surface area contributed by atoms with Crippen LogP contribution < -0.4 is 0 Å². The molecule has 0 spiro atoms. The molecule has 0 saturated carbocycles. The Balaban J connectivity index is 0. The molecule has 0 aromatic rings. The standard InChI is InChI=1S/C5H10O.H2/c1-3-5(6)4-2;/h3-4H2,1-2H3;1H. The highest BCUT2D eigenvalue weighted by Gasteiger charge is 1.86. The van der Waals surface area contributed by atoms with Gasteiger partial charge in [0, 0.05) is 14.3 Å². The molecule has 0 aliphatic carbocycles. The first kappa shape index (κ1) is 5.67. The first-order valence-electron chi connectivity index (χ1n) is 2.33. The third-order valence-electron chi connectivity index (χ3n) is 0.789. The lowest BCUT2D eigenvalue weighted by Crippen LogP contribution is -1.88.